The number of benzene rings is 1. The monoisotopic (exact) mass is 480 g/mol. The smallest absolute Gasteiger partial charge is 0.409 e. The molecule has 1 fully saturated rings. The van der Waals surface area contributed by atoms with Crippen LogP contribution in [0.2, 0.25) is 5.02 Å². The minimum absolute atomic E-state index is 0. The molecule has 0 saturated carbocycles. The van der Waals surface area contributed by atoms with Crippen molar-refractivity contribution >= 4 is 47.6 Å². The van der Waals surface area contributed by atoms with Crippen LogP contribution in [0.3, 0.4) is 0 Å². The summed E-state index contributed by atoms with van der Waals surface area (Å²) < 4.78 is 5.04. The molecule has 1 aliphatic rings. The second-order valence-corrected chi connectivity index (χ2v) is 5.96. The second kappa shape index (κ2) is 11.4. The summed E-state index contributed by atoms with van der Waals surface area (Å²) >= 11 is 5.90. The molecule has 1 aromatic carbocycles. The number of aliphatic imine (C=N–C) groups is 1. The van der Waals surface area contributed by atoms with Gasteiger partial charge in [0.1, 0.15) is 0 Å². The molecule has 0 unspecified atom stereocenters. The third-order valence-electron chi connectivity index (χ3n) is 3.93. The Morgan fingerprint density at radius 3 is 2.36 bits per heavy atom. The Morgan fingerprint density at radius 1 is 1.20 bits per heavy atom. The average Bonchev–Trinajstić information content (AvgIpc) is 2.61. The summed E-state index contributed by atoms with van der Waals surface area (Å²) in [7, 11) is 1.78. The number of hydrogen-bond acceptors (Lipinski definition) is 3. The van der Waals surface area contributed by atoms with Crippen molar-refractivity contribution in [1.82, 2.24) is 15.1 Å². The largest absolute Gasteiger partial charge is 0.450 e. The summed E-state index contributed by atoms with van der Waals surface area (Å²) in [5.74, 6) is 0.868. The summed E-state index contributed by atoms with van der Waals surface area (Å²) in [6.45, 7) is 5.83. The molecule has 0 aromatic heterocycles. The molecular formula is C17H26ClIN4O2. The molecule has 0 atom stereocenters. The van der Waals surface area contributed by atoms with Crippen molar-refractivity contribution in [1.29, 1.82) is 0 Å². The molecule has 1 heterocycles. The number of nitrogens with one attached hydrogen (secondary N) is 1. The van der Waals surface area contributed by atoms with Gasteiger partial charge >= 0.3 is 6.09 Å². The van der Waals surface area contributed by atoms with Crippen LogP contribution >= 0.6 is 35.6 Å². The molecule has 1 aliphatic heterocycles. The van der Waals surface area contributed by atoms with Crippen LogP contribution < -0.4 is 5.32 Å². The van der Waals surface area contributed by atoms with Crippen LogP contribution in [0.5, 0.6) is 0 Å². The van der Waals surface area contributed by atoms with Crippen molar-refractivity contribution in [3.8, 4) is 0 Å². The fourth-order valence-corrected chi connectivity index (χ4v) is 2.74. The molecule has 0 spiro atoms. The summed E-state index contributed by atoms with van der Waals surface area (Å²) in [6.07, 6.45) is 0.668. The van der Waals surface area contributed by atoms with E-state index in [1.807, 2.05) is 31.2 Å². The van der Waals surface area contributed by atoms with Crippen LogP contribution in [0.25, 0.3) is 0 Å². The third kappa shape index (κ3) is 6.89. The predicted octanol–water partition coefficient (Wildman–Crippen LogP) is 2.85. The topological polar surface area (TPSA) is 57.2 Å². The summed E-state index contributed by atoms with van der Waals surface area (Å²) in [5.41, 5.74) is 1.23. The van der Waals surface area contributed by atoms with E-state index in [0.29, 0.717) is 19.7 Å². The average molecular weight is 481 g/mol. The standard InChI is InChI=1S/C17H25ClN4O2.HI/c1-3-24-17(23)22-12-10-21(11-13-22)16(19-2)20-9-8-14-4-6-15(18)7-5-14;/h4-7H,3,8-13H2,1-2H3,(H,19,20);1H. The zero-order valence-electron chi connectivity index (χ0n) is 14.7. The number of amides is 1. The number of rotatable bonds is 4. The van der Waals surface area contributed by atoms with E-state index >= 15 is 0 Å². The van der Waals surface area contributed by atoms with Crippen LogP contribution in [0, 0.1) is 0 Å². The molecule has 1 saturated heterocycles. The number of ether oxygens (including phenoxy) is 1. The Hall–Kier alpha value is -1.22. The Balaban J connectivity index is 0.00000312. The van der Waals surface area contributed by atoms with Crippen LogP contribution in [-0.2, 0) is 11.2 Å². The van der Waals surface area contributed by atoms with E-state index in [1.54, 1.807) is 11.9 Å². The van der Waals surface area contributed by atoms with E-state index in [1.165, 1.54) is 5.56 Å². The van der Waals surface area contributed by atoms with E-state index in [9.17, 15) is 4.79 Å². The minimum Gasteiger partial charge on any atom is -0.450 e. The van der Waals surface area contributed by atoms with Gasteiger partial charge in [-0.25, -0.2) is 4.79 Å². The highest BCUT2D eigenvalue weighted by atomic mass is 127. The van der Waals surface area contributed by atoms with Gasteiger partial charge < -0.3 is 19.9 Å². The SMILES string of the molecule is CCOC(=O)N1CCN(C(=NC)NCCc2ccc(Cl)cc2)CC1.I. The van der Waals surface area contributed by atoms with Gasteiger partial charge in [0.25, 0.3) is 0 Å². The molecule has 0 bridgehead atoms. The maximum Gasteiger partial charge on any atom is 0.409 e. The van der Waals surface area contributed by atoms with Crippen molar-refractivity contribution in [2.24, 2.45) is 4.99 Å². The summed E-state index contributed by atoms with van der Waals surface area (Å²) in [4.78, 5) is 20.0. The van der Waals surface area contributed by atoms with Crippen molar-refractivity contribution in [3.63, 3.8) is 0 Å². The van der Waals surface area contributed by atoms with E-state index in [4.69, 9.17) is 16.3 Å². The maximum absolute atomic E-state index is 11.7. The first kappa shape index (κ1) is 21.8. The minimum atomic E-state index is -0.233. The van der Waals surface area contributed by atoms with Crippen LogP contribution in [0.4, 0.5) is 4.79 Å². The lowest BCUT2D eigenvalue weighted by molar-refractivity contribution is 0.0915. The molecule has 140 valence electrons. The molecule has 0 radical (unpaired) electrons. The first-order valence-corrected chi connectivity index (χ1v) is 8.63. The van der Waals surface area contributed by atoms with Gasteiger partial charge in [-0.2, -0.15) is 0 Å². The molecule has 6 nitrogen and oxygen atoms in total. The highest BCUT2D eigenvalue weighted by molar-refractivity contribution is 14.0. The maximum atomic E-state index is 11.7. The van der Waals surface area contributed by atoms with Gasteiger partial charge in [-0.1, -0.05) is 23.7 Å². The first-order chi connectivity index (χ1) is 11.6. The highest BCUT2D eigenvalue weighted by Crippen LogP contribution is 2.09. The van der Waals surface area contributed by atoms with Crippen molar-refractivity contribution in [2.45, 2.75) is 13.3 Å². The van der Waals surface area contributed by atoms with Gasteiger partial charge in [0.05, 0.1) is 6.61 Å². The Morgan fingerprint density at radius 2 is 1.80 bits per heavy atom. The van der Waals surface area contributed by atoms with Crippen LogP contribution in [0.1, 0.15) is 12.5 Å². The Kier molecular flexibility index (Phi) is 9.96. The molecule has 8 heteroatoms. The predicted molar refractivity (Wildman–Crippen MR) is 112 cm³/mol. The number of piperazine rings is 1. The highest BCUT2D eigenvalue weighted by Gasteiger charge is 2.23. The van der Waals surface area contributed by atoms with Crippen molar-refractivity contribution < 1.29 is 9.53 Å². The lowest BCUT2D eigenvalue weighted by atomic mass is 10.1. The number of guanidine groups is 1. The zero-order chi connectivity index (χ0) is 17.4. The number of carbonyl (C=O) groups is 1. The number of hydrogen-bond donors (Lipinski definition) is 1. The van der Waals surface area contributed by atoms with Crippen LogP contribution in [-0.4, -0.2) is 68.2 Å². The second-order valence-electron chi connectivity index (χ2n) is 5.52. The number of halogens is 2. The fourth-order valence-electron chi connectivity index (χ4n) is 2.62. The van der Waals surface area contributed by atoms with Gasteiger partial charge in [0.2, 0.25) is 0 Å². The van der Waals surface area contributed by atoms with E-state index in [0.717, 1.165) is 37.0 Å². The molecule has 25 heavy (non-hydrogen) atoms. The van der Waals surface area contributed by atoms with Crippen molar-refractivity contribution in [3.05, 3.63) is 34.9 Å². The number of nitrogens with zero attached hydrogens (tertiary/aromatic N) is 3. The van der Waals surface area contributed by atoms with Gasteiger partial charge in [0.15, 0.2) is 5.96 Å². The van der Waals surface area contributed by atoms with E-state index in [2.05, 4.69) is 15.2 Å². The zero-order valence-corrected chi connectivity index (χ0v) is 17.8. The van der Waals surface area contributed by atoms with Crippen molar-refractivity contribution in [2.75, 3.05) is 46.4 Å². The lowest BCUT2D eigenvalue weighted by Gasteiger charge is -2.35. The molecule has 1 aromatic rings. The Labute approximate surface area is 171 Å². The summed E-state index contributed by atoms with van der Waals surface area (Å²) in [6, 6.07) is 7.87. The molecule has 2 rings (SSSR count). The normalized spacial score (nSPS) is 14.8. The summed E-state index contributed by atoms with van der Waals surface area (Å²) in [5, 5.41) is 4.13. The van der Waals surface area contributed by atoms with Crippen LogP contribution in [0.15, 0.2) is 29.3 Å². The Bertz CT molecular complexity index is 560. The lowest BCUT2D eigenvalue weighted by Crippen LogP contribution is -2.54. The first-order valence-electron chi connectivity index (χ1n) is 8.25. The van der Waals surface area contributed by atoms with Gasteiger partial charge in [-0.05, 0) is 31.0 Å². The number of carbonyl (C=O) groups excluding carboxylic acids is 1. The van der Waals surface area contributed by atoms with Gasteiger partial charge in [-0.15, -0.1) is 24.0 Å². The molecule has 0 aliphatic carbocycles. The molecule has 1 amide bonds. The van der Waals surface area contributed by atoms with Gasteiger partial charge in [0, 0.05) is 44.8 Å². The molecular weight excluding hydrogens is 455 g/mol. The third-order valence-corrected chi connectivity index (χ3v) is 4.18. The van der Waals surface area contributed by atoms with Gasteiger partial charge in [-0.3, -0.25) is 4.99 Å². The molecule has 1 N–H and O–H groups in total. The van der Waals surface area contributed by atoms with E-state index in [-0.39, 0.29) is 30.1 Å². The quantitative estimate of drug-likeness (QED) is 0.409. The fraction of sp³-hybridized carbons (Fsp3) is 0.529. The van der Waals surface area contributed by atoms with E-state index < -0.39 is 0 Å².